The molecule has 0 radical (unpaired) electrons. The lowest BCUT2D eigenvalue weighted by molar-refractivity contribution is -0.120. The van der Waals surface area contributed by atoms with Crippen LogP contribution in [0.4, 0.5) is 0 Å². The minimum Gasteiger partial charge on any atom is -0.362 e. The Kier molecular flexibility index (Phi) is 5.23. The molecule has 7 heteroatoms. The van der Waals surface area contributed by atoms with Crippen LogP contribution >= 0.6 is 0 Å². The molecule has 0 aliphatic heterocycles. The van der Waals surface area contributed by atoms with E-state index in [1.54, 1.807) is 12.1 Å². The smallest absolute Gasteiger partial charge is 0.238 e. The van der Waals surface area contributed by atoms with E-state index >= 15 is 0 Å². The molecule has 0 fully saturated rings. The number of aromatic nitrogens is 1. The number of primary sulfonamides is 1. The second-order valence-corrected chi connectivity index (χ2v) is 7.13. The number of nitrogens with two attached hydrogens (primary N) is 1. The highest BCUT2D eigenvalue weighted by molar-refractivity contribution is 7.89. The highest BCUT2D eigenvalue weighted by Gasteiger charge is 2.09. The van der Waals surface area contributed by atoms with Crippen molar-refractivity contribution in [3.8, 4) is 0 Å². The molecule has 0 saturated carbocycles. The number of carbonyl (C=O) groups excluding carboxylic acids is 1. The van der Waals surface area contributed by atoms with Crippen molar-refractivity contribution in [2.75, 3.05) is 6.54 Å². The molecule has 23 heavy (non-hydrogen) atoms. The molecule has 1 aromatic heterocycles. The Bertz CT molecular complexity index is 792. The lowest BCUT2D eigenvalue weighted by Crippen LogP contribution is -2.27. The summed E-state index contributed by atoms with van der Waals surface area (Å²) in [6.07, 6.45) is 0.975. The molecule has 0 aliphatic rings. The Labute approximate surface area is 136 Å². The Balaban J connectivity index is 1.82. The van der Waals surface area contributed by atoms with Gasteiger partial charge in [-0.25, -0.2) is 13.6 Å². The summed E-state index contributed by atoms with van der Waals surface area (Å²) in [5.74, 6) is -0.0340. The lowest BCUT2D eigenvalue weighted by atomic mass is 10.1. The zero-order valence-corrected chi connectivity index (χ0v) is 14.0. The van der Waals surface area contributed by atoms with Crippen LogP contribution in [0.1, 0.15) is 22.5 Å². The minimum atomic E-state index is -3.66. The molecule has 0 bridgehead atoms. The third kappa shape index (κ3) is 4.94. The quantitative estimate of drug-likeness (QED) is 0.738. The first-order valence-electron chi connectivity index (χ1n) is 7.29. The van der Waals surface area contributed by atoms with Crippen molar-refractivity contribution in [3.05, 3.63) is 52.8 Å². The van der Waals surface area contributed by atoms with Crippen molar-refractivity contribution in [1.29, 1.82) is 0 Å². The van der Waals surface area contributed by atoms with E-state index < -0.39 is 10.0 Å². The van der Waals surface area contributed by atoms with Crippen LogP contribution in [-0.4, -0.2) is 25.9 Å². The molecule has 4 N–H and O–H groups in total. The Hall–Kier alpha value is -2.12. The van der Waals surface area contributed by atoms with E-state index in [2.05, 4.69) is 10.3 Å². The second kappa shape index (κ2) is 6.97. The van der Waals surface area contributed by atoms with Crippen molar-refractivity contribution in [2.24, 2.45) is 5.14 Å². The van der Waals surface area contributed by atoms with Crippen LogP contribution in [0.3, 0.4) is 0 Å². The van der Waals surface area contributed by atoms with E-state index in [9.17, 15) is 13.2 Å². The standard InChI is InChI=1S/C16H21N3O3S/c1-11-9-14(12(2)19-11)10-16(20)18-8-7-13-3-5-15(6-4-13)23(17,21)22/h3-6,9,19H,7-8,10H2,1-2H3,(H,18,20)(H2,17,21,22). The van der Waals surface area contributed by atoms with E-state index in [0.717, 1.165) is 22.5 Å². The Morgan fingerprint density at radius 2 is 1.87 bits per heavy atom. The third-order valence-electron chi connectivity index (χ3n) is 3.60. The fraction of sp³-hybridized carbons (Fsp3) is 0.312. The zero-order chi connectivity index (χ0) is 17.0. The minimum absolute atomic E-state index is 0.0340. The fourth-order valence-electron chi connectivity index (χ4n) is 2.39. The van der Waals surface area contributed by atoms with Gasteiger partial charge in [-0.1, -0.05) is 12.1 Å². The van der Waals surface area contributed by atoms with Gasteiger partial charge in [0.2, 0.25) is 15.9 Å². The van der Waals surface area contributed by atoms with E-state index in [-0.39, 0.29) is 10.8 Å². The highest BCUT2D eigenvalue weighted by atomic mass is 32.2. The number of H-pyrrole nitrogens is 1. The molecule has 0 aliphatic carbocycles. The number of rotatable bonds is 6. The van der Waals surface area contributed by atoms with Crippen LogP contribution in [0.5, 0.6) is 0 Å². The predicted molar refractivity (Wildman–Crippen MR) is 88.5 cm³/mol. The molecule has 2 aromatic rings. The Morgan fingerprint density at radius 3 is 2.39 bits per heavy atom. The maximum absolute atomic E-state index is 11.9. The number of aryl methyl sites for hydroxylation is 2. The molecule has 124 valence electrons. The van der Waals surface area contributed by atoms with Crippen LogP contribution in [0.2, 0.25) is 0 Å². The maximum Gasteiger partial charge on any atom is 0.238 e. The second-order valence-electron chi connectivity index (χ2n) is 5.57. The fourth-order valence-corrected chi connectivity index (χ4v) is 2.91. The van der Waals surface area contributed by atoms with Crippen LogP contribution < -0.4 is 10.5 Å². The molecular weight excluding hydrogens is 314 g/mol. The summed E-state index contributed by atoms with van der Waals surface area (Å²) >= 11 is 0. The average Bonchev–Trinajstić information content (AvgIpc) is 2.76. The number of hydrogen-bond donors (Lipinski definition) is 3. The van der Waals surface area contributed by atoms with Crippen LogP contribution in [0, 0.1) is 13.8 Å². The van der Waals surface area contributed by atoms with Crippen LogP contribution in [0.15, 0.2) is 35.2 Å². The number of aromatic amines is 1. The first-order valence-corrected chi connectivity index (χ1v) is 8.84. The Morgan fingerprint density at radius 1 is 1.22 bits per heavy atom. The summed E-state index contributed by atoms with van der Waals surface area (Å²) in [5.41, 5.74) is 3.99. The monoisotopic (exact) mass is 335 g/mol. The van der Waals surface area contributed by atoms with Gasteiger partial charge >= 0.3 is 0 Å². The number of benzene rings is 1. The van der Waals surface area contributed by atoms with Crippen molar-refractivity contribution < 1.29 is 13.2 Å². The van der Waals surface area contributed by atoms with Gasteiger partial charge in [0.1, 0.15) is 0 Å². The van der Waals surface area contributed by atoms with E-state index in [1.165, 1.54) is 12.1 Å². The van der Waals surface area contributed by atoms with Crippen molar-refractivity contribution in [1.82, 2.24) is 10.3 Å². The van der Waals surface area contributed by atoms with E-state index in [0.29, 0.717) is 19.4 Å². The molecule has 1 amide bonds. The summed E-state index contributed by atoms with van der Waals surface area (Å²) in [5, 5.41) is 7.91. The summed E-state index contributed by atoms with van der Waals surface area (Å²) < 4.78 is 22.3. The molecule has 0 spiro atoms. The number of amides is 1. The van der Waals surface area contributed by atoms with Gasteiger partial charge in [-0.2, -0.15) is 0 Å². The molecule has 2 rings (SSSR count). The third-order valence-corrected chi connectivity index (χ3v) is 4.53. The molecule has 0 unspecified atom stereocenters. The lowest BCUT2D eigenvalue weighted by Gasteiger charge is -2.06. The predicted octanol–water partition coefficient (Wildman–Crippen LogP) is 1.18. The van der Waals surface area contributed by atoms with Crippen molar-refractivity contribution in [3.63, 3.8) is 0 Å². The normalized spacial score (nSPS) is 11.4. The van der Waals surface area contributed by atoms with E-state index in [4.69, 9.17) is 5.14 Å². The van der Waals surface area contributed by atoms with Crippen molar-refractivity contribution in [2.45, 2.75) is 31.6 Å². The molecule has 0 saturated heterocycles. The van der Waals surface area contributed by atoms with Gasteiger partial charge < -0.3 is 10.3 Å². The molecule has 0 atom stereocenters. The highest BCUT2D eigenvalue weighted by Crippen LogP contribution is 2.10. The van der Waals surface area contributed by atoms with Crippen LogP contribution in [-0.2, 0) is 27.7 Å². The summed E-state index contributed by atoms with van der Waals surface area (Å²) in [6.45, 7) is 4.40. The van der Waals surface area contributed by atoms with Gasteiger partial charge in [0, 0.05) is 17.9 Å². The summed E-state index contributed by atoms with van der Waals surface area (Å²) in [4.78, 5) is 15.2. The summed E-state index contributed by atoms with van der Waals surface area (Å²) in [7, 11) is -3.66. The van der Waals surface area contributed by atoms with Crippen molar-refractivity contribution >= 4 is 15.9 Å². The summed E-state index contributed by atoms with van der Waals surface area (Å²) in [6, 6.07) is 8.31. The number of nitrogens with one attached hydrogen (secondary N) is 2. The molecule has 1 heterocycles. The topological polar surface area (TPSA) is 105 Å². The van der Waals surface area contributed by atoms with Gasteiger partial charge in [-0.3, -0.25) is 4.79 Å². The van der Waals surface area contributed by atoms with Crippen LogP contribution in [0.25, 0.3) is 0 Å². The first-order chi connectivity index (χ1) is 10.8. The van der Waals surface area contributed by atoms with Gasteiger partial charge in [-0.15, -0.1) is 0 Å². The molecule has 6 nitrogen and oxygen atoms in total. The largest absolute Gasteiger partial charge is 0.362 e. The first kappa shape index (κ1) is 17.2. The average molecular weight is 335 g/mol. The van der Waals surface area contributed by atoms with Gasteiger partial charge in [0.05, 0.1) is 11.3 Å². The van der Waals surface area contributed by atoms with Gasteiger partial charge in [0.15, 0.2) is 0 Å². The number of sulfonamides is 1. The molecule has 1 aromatic carbocycles. The van der Waals surface area contributed by atoms with Gasteiger partial charge in [0.25, 0.3) is 0 Å². The molecular formula is C16H21N3O3S. The van der Waals surface area contributed by atoms with Gasteiger partial charge in [-0.05, 0) is 49.6 Å². The van der Waals surface area contributed by atoms with E-state index in [1.807, 2.05) is 19.9 Å². The SMILES string of the molecule is Cc1cc(CC(=O)NCCc2ccc(S(N)(=O)=O)cc2)c(C)[nH]1. The number of hydrogen-bond acceptors (Lipinski definition) is 3. The zero-order valence-electron chi connectivity index (χ0n) is 13.2. The maximum atomic E-state index is 11.9. The number of carbonyl (C=O) groups is 1.